The highest BCUT2D eigenvalue weighted by Crippen LogP contribution is 2.21. The third-order valence-corrected chi connectivity index (χ3v) is 6.14. The first-order chi connectivity index (χ1) is 20.5. The first-order valence-electron chi connectivity index (χ1n) is 12.4. The normalized spacial score (nSPS) is 10.5. The Bertz CT molecular complexity index is 1710. The zero-order chi connectivity index (χ0) is 31.1. The van der Waals surface area contributed by atoms with E-state index in [0.29, 0.717) is 12.2 Å². The maximum absolute atomic E-state index is 12.6. The molecular weight excluding hydrogens is 564 g/mol. The summed E-state index contributed by atoms with van der Waals surface area (Å²) in [5.41, 5.74) is 0.592. The number of rotatable bonds is 12. The van der Waals surface area contributed by atoms with E-state index in [2.05, 4.69) is 0 Å². The molecule has 0 saturated carbocycles. The second-order valence-electron chi connectivity index (χ2n) is 9.05. The zero-order valence-corrected chi connectivity index (χ0v) is 22.1. The largest absolute Gasteiger partial charge is 0.478 e. The summed E-state index contributed by atoms with van der Waals surface area (Å²) in [7, 11) is 0. The summed E-state index contributed by atoms with van der Waals surface area (Å²) in [6, 6.07) is 20.1. The Morgan fingerprint density at radius 3 is 1.58 bits per heavy atom. The minimum atomic E-state index is -1.46. The fourth-order valence-corrected chi connectivity index (χ4v) is 3.96. The molecule has 43 heavy (non-hydrogen) atoms. The van der Waals surface area contributed by atoms with E-state index in [4.69, 9.17) is 24.7 Å². The van der Waals surface area contributed by atoms with E-state index in [1.54, 1.807) is 48.5 Å². The van der Waals surface area contributed by atoms with Crippen molar-refractivity contribution in [1.29, 1.82) is 0 Å². The average molecular weight is 587 g/mol. The van der Waals surface area contributed by atoms with Crippen LogP contribution in [0.3, 0.4) is 0 Å². The third-order valence-electron chi connectivity index (χ3n) is 6.14. The van der Waals surface area contributed by atoms with Crippen molar-refractivity contribution < 1.29 is 58.9 Å². The molecule has 218 valence electrons. The molecule has 0 bridgehead atoms. The highest BCUT2D eigenvalue weighted by atomic mass is 17.2. The lowest BCUT2D eigenvalue weighted by molar-refractivity contribution is -0.217. The van der Waals surface area contributed by atoms with Gasteiger partial charge in [0, 0.05) is 0 Å². The van der Waals surface area contributed by atoms with Gasteiger partial charge in [-0.3, -0.25) is 0 Å². The Balaban J connectivity index is 1.33. The number of hydrogen-bond acceptors (Lipinski definition) is 8. The molecule has 12 nitrogen and oxygen atoms in total. The Kier molecular flexibility index (Phi) is 9.13. The summed E-state index contributed by atoms with van der Waals surface area (Å²) < 4.78 is 5.28. The molecule has 4 aromatic carbocycles. The van der Waals surface area contributed by atoms with Crippen molar-refractivity contribution >= 4 is 29.8 Å². The number of benzene rings is 4. The first-order valence-corrected chi connectivity index (χ1v) is 12.4. The molecule has 0 heterocycles. The fraction of sp³-hybridized carbons (Fsp3) is 0.0645. The quantitative estimate of drug-likeness (QED) is 0.0768. The molecule has 0 amide bonds. The summed E-state index contributed by atoms with van der Waals surface area (Å²) in [5.74, 6) is -5.77. The molecule has 0 spiro atoms. The molecule has 4 N–H and O–H groups in total. The number of ether oxygens (including phenoxy) is 1. The molecule has 0 aliphatic rings. The van der Waals surface area contributed by atoms with E-state index in [-0.39, 0.29) is 40.2 Å². The number of aromatic carboxylic acids is 4. The zero-order valence-electron chi connectivity index (χ0n) is 22.1. The monoisotopic (exact) mass is 586 g/mol. The molecule has 0 aliphatic heterocycles. The van der Waals surface area contributed by atoms with Crippen LogP contribution >= 0.6 is 0 Å². The van der Waals surface area contributed by atoms with Gasteiger partial charge in [-0.05, 0) is 77.7 Å². The lowest BCUT2D eigenvalue weighted by atomic mass is 10.0. The Labute approximate surface area is 242 Å². The van der Waals surface area contributed by atoms with Gasteiger partial charge in [-0.2, -0.15) is 4.89 Å². The maximum Gasteiger partial charge on any atom is 0.344 e. The van der Waals surface area contributed by atoms with Crippen LogP contribution in [0, 0.1) is 0 Å². The van der Waals surface area contributed by atoms with Crippen molar-refractivity contribution in [2.24, 2.45) is 0 Å². The van der Waals surface area contributed by atoms with Crippen LogP contribution in [-0.4, -0.2) is 50.3 Å². The van der Waals surface area contributed by atoms with E-state index < -0.39 is 35.4 Å². The van der Waals surface area contributed by atoms with Crippen LogP contribution in [0.5, 0.6) is 11.5 Å². The predicted octanol–water partition coefficient (Wildman–Crippen LogP) is 4.80. The van der Waals surface area contributed by atoms with Gasteiger partial charge < -0.3 is 30.1 Å². The first kappa shape index (κ1) is 30.0. The maximum atomic E-state index is 12.6. The SMILES string of the molecule is O=C(O)c1ccc(COOc2ccc(Cc3ccc(OC(=O)c4ccc(C(=O)O)cc4C(=O)O)cc3)cc2)c(C(=O)O)c1. The topological polar surface area (TPSA) is 194 Å². The number of hydrogen-bond donors (Lipinski definition) is 4. The minimum Gasteiger partial charge on any atom is -0.478 e. The Morgan fingerprint density at radius 1 is 0.535 bits per heavy atom. The smallest absolute Gasteiger partial charge is 0.344 e. The molecule has 0 fully saturated rings. The van der Waals surface area contributed by atoms with Crippen molar-refractivity contribution in [3.8, 4) is 11.5 Å². The molecule has 12 heteroatoms. The summed E-state index contributed by atoms with van der Waals surface area (Å²) in [4.78, 5) is 68.1. The number of esters is 1. The summed E-state index contributed by atoms with van der Waals surface area (Å²) in [6.45, 7) is -0.231. The fourth-order valence-electron chi connectivity index (χ4n) is 3.96. The van der Waals surface area contributed by atoms with Gasteiger partial charge in [-0.1, -0.05) is 30.3 Å². The predicted molar refractivity (Wildman–Crippen MR) is 147 cm³/mol. The van der Waals surface area contributed by atoms with Crippen molar-refractivity contribution in [3.63, 3.8) is 0 Å². The van der Waals surface area contributed by atoms with E-state index in [1.165, 1.54) is 12.1 Å². The van der Waals surface area contributed by atoms with Crippen molar-refractivity contribution in [2.45, 2.75) is 13.0 Å². The van der Waals surface area contributed by atoms with Gasteiger partial charge in [-0.15, -0.1) is 0 Å². The molecular formula is C31H22O12. The summed E-state index contributed by atoms with van der Waals surface area (Å²) in [6.07, 6.45) is 0.507. The molecule has 0 aliphatic carbocycles. The van der Waals surface area contributed by atoms with Crippen LogP contribution in [0.25, 0.3) is 0 Å². The molecule has 4 rings (SSSR count). The van der Waals surface area contributed by atoms with Crippen molar-refractivity contribution in [1.82, 2.24) is 0 Å². The van der Waals surface area contributed by atoms with E-state index in [0.717, 1.165) is 35.4 Å². The van der Waals surface area contributed by atoms with Gasteiger partial charge in [-0.25, -0.2) is 24.0 Å². The lowest BCUT2D eigenvalue weighted by Crippen LogP contribution is -2.15. The highest BCUT2D eigenvalue weighted by Gasteiger charge is 2.21. The van der Waals surface area contributed by atoms with Gasteiger partial charge in [0.2, 0.25) is 0 Å². The molecule has 0 unspecified atom stereocenters. The van der Waals surface area contributed by atoms with Gasteiger partial charge >= 0.3 is 29.8 Å². The van der Waals surface area contributed by atoms with Gasteiger partial charge in [0.25, 0.3) is 0 Å². The van der Waals surface area contributed by atoms with Gasteiger partial charge in [0.05, 0.1) is 27.8 Å². The second-order valence-corrected chi connectivity index (χ2v) is 9.05. The van der Waals surface area contributed by atoms with Gasteiger partial charge in [0.15, 0.2) is 5.75 Å². The summed E-state index contributed by atoms with van der Waals surface area (Å²) in [5, 5.41) is 36.8. The van der Waals surface area contributed by atoms with E-state index in [1.807, 2.05) is 0 Å². The van der Waals surface area contributed by atoms with Crippen LogP contribution in [0.2, 0.25) is 0 Å². The molecule has 0 aromatic heterocycles. The van der Waals surface area contributed by atoms with Gasteiger partial charge in [0.1, 0.15) is 12.4 Å². The molecule has 0 radical (unpaired) electrons. The number of carboxylic acids is 4. The highest BCUT2D eigenvalue weighted by molar-refractivity contribution is 6.05. The van der Waals surface area contributed by atoms with Crippen LogP contribution in [0.4, 0.5) is 0 Å². The van der Waals surface area contributed by atoms with Crippen LogP contribution in [-0.2, 0) is 17.9 Å². The minimum absolute atomic E-state index is 0.160. The van der Waals surface area contributed by atoms with E-state index >= 15 is 0 Å². The lowest BCUT2D eigenvalue weighted by Gasteiger charge is -2.10. The van der Waals surface area contributed by atoms with Crippen LogP contribution < -0.4 is 9.62 Å². The molecule has 0 saturated heterocycles. The molecule has 4 aromatic rings. The van der Waals surface area contributed by atoms with Crippen molar-refractivity contribution in [3.05, 3.63) is 129 Å². The Hall–Kier alpha value is -6.01. The number of carbonyl (C=O) groups excluding carboxylic acids is 1. The standard InChI is InChI=1S/C31H22O12/c32-27(33)19-5-6-21(25(14-19)29(36)37)16-41-43-23-10-3-18(4-11-23)13-17-1-8-22(9-2-17)42-31(40)24-12-7-20(28(34)35)15-26(24)30(38)39/h1-12,14-15H,13,16H2,(H,32,33)(H,34,35)(H,36,37)(H,38,39). The van der Waals surface area contributed by atoms with Crippen LogP contribution in [0.15, 0.2) is 84.9 Å². The Morgan fingerprint density at radius 2 is 1.05 bits per heavy atom. The second kappa shape index (κ2) is 13.1. The van der Waals surface area contributed by atoms with Crippen molar-refractivity contribution in [2.75, 3.05) is 0 Å². The number of carbonyl (C=O) groups is 5. The van der Waals surface area contributed by atoms with Crippen LogP contribution in [0.1, 0.15) is 68.5 Å². The van der Waals surface area contributed by atoms with E-state index in [9.17, 15) is 34.2 Å². The number of carboxylic acid groups (broad SMARTS) is 4. The third kappa shape index (κ3) is 7.60. The average Bonchev–Trinajstić information content (AvgIpc) is 2.98. The summed E-state index contributed by atoms with van der Waals surface area (Å²) >= 11 is 0. The molecule has 0 atom stereocenters.